The van der Waals surface area contributed by atoms with Gasteiger partial charge in [-0.25, -0.2) is 0 Å². The maximum Gasteiger partial charge on any atom is 0.193 e. The van der Waals surface area contributed by atoms with Crippen LogP contribution in [0.3, 0.4) is 0 Å². The molecule has 0 aromatic carbocycles. The zero-order chi connectivity index (χ0) is 16.5. The van der Waals surface area contributed by atoms with Crippen molar-refractivity contribution in [3.63, 3.8) is 0 Å². The van der Waals surface area contributed by atoms with Crippen molar-refractivity contribution in [1.82, 2.24) is 14.8 Å². The first-order chi connectivity index (χ1) is 11.2. The van der Waals surface area contributed by atoms with Gasteiger partial charge < -0.3 is 24.3 Å². The predicted molar refractivity (Wildman–Crippen MR) is 92.6 cm³/mol. The molecule has 0 bridgehead atoms. The number of ether oxygens (including phenoxy) is 2. The second kappa shape index (κ2) is 9.57. The van der Waals surface area contributed by atoms with Gasteiger partial charge in [-0.15, -0.1) is 0 Å². The Morgan fingerprint density at radius 2 is 2.43 bits per heavy atom. The molecule has 0 spiro atoms. The normalized spacial score (nSPS) is 18.4. The summed E-state index contributed by atoms with van der Waals surface area (Å²) in [5, 5.41) is 3.39. The maximum atomic E-state index is 5.72. The molecule has 2 heterocycles. The van der Waals surface area contributed by atoms with Crippen LogP contribution in [-0.4, -0.2) is 62.5 Å². The van der Waals surface area contributed by atoms with E-state index in [0.717, 1.165) is 58.3 Å². The van der Waals surface area contributed by atoms with Gasteiger partial charge in [0.15, 0.2) is 5.96 Å². The number of aromatic nitrogens is 1. The number of guanidine groups is 1. The van der Waals surface area contributed by atoms with Crippen molar-refractivity contribution in [1.29, 1.82) is 0 Å². The molecule has 1 atom stereocenters. The molecule has 0 radical (unpaired) electrons. The van der Waals surface area contributed by atoms with Crippen molar-refractivity contribution in [2.75, 3.05) is 47.1 Å². The highest BCUT2D eigenvalue weighted by Crippen LogP contribution is 2.12. The van der Waals surface area contributed by atoms with Gasteiger partial charge in [-0.1, -0.05) is 0 Å². The summed E-state index contributed by atoms with van der Waals surface area (Å²) in [6.07, 6.45) is 4.17. The van der Waals surface area contributed by atoms with Crippen molar-refractivity contribution in [2.24, 2.45) is 18.0 Å². The smallest absolute Gasteiger partial charge is 0.193 e. The van der Waals surface area contributed by atoms with Crippen molar-refractivity contribution in [3.8, 4) is 0 Å². The summed E-state index contributed by atoms with van der Waals surface area (Å²) >= 11 is 0. The van der Waals surface area contributed by atoms with Crippen LogP contribution in [0.25, 0.3) is 0 Å². The van der Waals surface area contributed by atoms with Crippen LogP contribution >= 0.6 is 0 Å². The first kappa shape index (κ1) is 17.8. The Kier molecular flexibility index (Phi) is 7.42. The number of hydrogen-bond donors (Lipinski definition) is 1. The quantitative estimate of drug-likeness (QED) is 0.447. The number of nitrogens with zero attached hydrogens (tertiary/aromatic N) is 3. The summed E-state index contributed by atoms with van der Waals surface area (Å²) in [5.74, 6) is 1.50. The fourth-order valence-corrected chi connectivity index (χ4v) is 2.70. The third-order valence-electron chi connectivity index (χ3n) is 4.15. The van der Waals surface area contributed by atoms with Gasteiger partial charge in [0, 0.05) is 58.7 Å². The zero-order valence-corrected chi connectivity index (χ0v) is 14.6. The lowest BCUT2D eigenvalue weighted by Gasteiger charge is -2.22. The molecule has 1 aromatic heterocycles. The molecular weight excluding hydrogens is 292 g/mol. The van der Waals surface area contributed by atoms with Gasteiger partial charge in [-0.2, -0.15) is 0 Å². The van der Waals surface area contributed by atoms with Crippen LogP contribution in [-0.2, 0) is 23.1 Å². The van der Waals surface area contributed by atoms with E-state index in [0.29, 0.717) is 5.92 Å². The minimum Gasteiger partial charge on any atom is -0.381 e. The second-order valence-electron chi connectivity index (χ2n) is 6.10. The summed E-state index contributed by atoms with van der Waals surface area (Å²) in [6.45, 7) is 5.05. The Hall–Kier alpha value is -1.53. The number of hydrogen-bond acceptors (Lipinski definition) is 3. The van der Waals surface area contributed by atoms with E-state index in [1.807, 2.05) is 7.05 Å². The monoisotopic (exact) mass is 322 g/mol. The molecule has 1 saturated heterocycles. The van der Waals surface area contributed by atoms with E-state index in [1.165, 1.54) is 5.69 Å². The van der Waals surface area contributed by atoms with Gasteiger partial charge >= 0.3 is 0 Å². The molecule has 0 saturated carbocycles. The molecule has 0 aliphatic carbocycles. The minimum absolute atomic E-state index is 0.590. The molecule has 6 nitrogen and oxygen atoms in total. The third-order valence-corrected chi connectivity index (χ3v) is 4.15. The SMILES string of the molecule is CN=C(NCCCOCC1CCOC1)N(C)Cc1cccn1C. The lowest BCUT2D eigenvalue weighted by Crippen LogP contribution is -2.39. The molecule has 23 heavy (non-hydrogen) atoms. The standard InChI is InChI=1S/C17H30N4O2/c1-18-17(21(3)12-16-6-4-9-20(16)2)19-8-5-10-22-13-15-7-11-23-14-15/h4,6,9,15H,5,7-8,10-14H2,1-3H3,(H,18,19). The highest BCUT2D eigenvalue weighted by molar-refractivity contribution is 5.79. The lowest BCUT2D eigenvalue weighted by atomic mass is 10.1. The van der Waals surface area contributed by atoms with Crippen LogP contribution in [0.1, 0.15) is 18.5 Å². The fraction of sp³-hybridized carbons (Fsp3) is 0.706. The van der Waals surface area contributed by atoms with Crippen molar-refractivity contribution in [2.45, 2.75) is 19.4 Å². The van der Waals surface area contributed by atoms with Gasteiger partial charge in [-0.05, 0) is 25.0 Å². The highest BCUT2D eigenvalue weighted by atomic mass is 16.5. The van der Waals surface area contributed by atoms with Crippen molar-refractivity contribution in [3.05, 3.63) is 24.0 Å². The first-order valence-electron chi connectivity index (χ1n) is 8.38. The number of aryl methyl sites for hydroxylation is 1. The molecule has 0 amide bonds. The van der Waals surface area contributed by atoms with Crippen LogP contribution in [0.4, 0.5) is 0 Å². The number of nitrogens with one attached hydrogen (secondary N) is 1. The molecule has 1 fully saturated rings. The minimum atomic E-state index is 0.590. The summed E-state index contributed by atoms with van der Waals surface area (Å²) in [4.78, 5) is 6.47. The summed E-state index contributed by atoms with van der Waals surface area (Å²) in [7, 11) is 5.94. The number of aliphatic imine (C=N–C) groups is 1. The molecule has 6 heteroatoms. The Morgan fingerprint density at radius 1 is 1.57 bits per heavy atom. The van der Waals surface area contributed by atoms with Crippen LogP contribution in [0.5, 0.6) is 0 Å². The van der Waals surface area contributed by atoms with Gasteiger partial charge in [0.1, 0.15) is 0 Å². The first-order valence-corrected chi connectivity index (χ1v) is 8.38. The predicted octanol–water partition coefficient (Wildman–Crippen LogP) is 1.48. The van der Waals surface area contributed by atoms with E-state index in [4.69, 9.17) is 9.47 Å². The second-order valence-corrected chi connectivity index (χ2v) is 6.10. The maximum absolute atomic E-state index is 5.72. The van der Waals surface area contributed by atoms with E-state index in [1.54, 1.807) is 0 Å². The summed E-state index contributed by atoms with van der Waals surface area (Å²) in [6, 6.07) is 4.19. The Bertz CT molecular complexity index is 481. The molecule has 1 aliphatic rings. The van der Waals surface area contributed by atoms with E-state index in [9.17, 15) is 0 Å². The van der Waals surface area contributed by atoms with Gasteiger partial charge in [0.05, 0.1) is 19.8 Å². The average Bonchev–Trinajstić information content (AvgIpc) is 3.19. The Morgan fingerprint density at radius 3 is 3.09 bits per heavy atom. The lowest BCUT2D eigenvalue weighted by molar-refractivity contribution is 0.0887. The van der Waals surface area contributed by atoms with Gasteiger partial charge in [0.25, 0.3) is 0 Å². The number of rotatable bonds is 8. The van der Waals surface area contributed by atoms with Crippen LogP contribution in [0, 0.1) is 5.92 Å². The molecule has 1 N–H and O–H groups in total. The third kappa shape index (κ3) is 5.88. The van der Waals surface area contributed by atoms with Gasteiger partial charge in [0.2, 0.25) is 0 Å². The van der Waals surface area contributed by atoms with Crippen LogP contribution in [0.2, 0.25) is 0 Å². The van der Waals surface area contributed by atoms with Crippen molar-refractivity contribution < 1.29 is 9.47 Å². The van der Waals surface area contributed by atoms with E-state index in [-0.39, 0.29) is 0 Å². The molecular formula is C17H30N4O2. The van der Waals surface area contributed by atoms with E-state index in [2.05, 4.69) is 52.2 Å². The average molecular weight is 322 g/mol. The molecule has 130 valence electrons. The molecule has 1 aliphatic heterocycles. The Labute approximate surface area is 139 Å². The van der Waals surface area contributed by atoms with Crippen LogP contribution in [0.15, 0.2) is 23.3 Å². The molecule has 2 rings (SSSR count). The Balaban J connectivity index is 1.59. The van der Waals surface area contributed by atoms with E-state index >= 15 is 0 Å². The molecule has 1 unspecified atom stereocenters. The van der Waals surface area contributed by atoms with E-state index < -0.39 is 0 Å². The summed E-state index contributed by atoms with van der Waals surface area (Å²) in [5.41, 5.74) is 1.26. The largest absolute Gasteiger partial charge is 0.381 e. The van der Waals surface area contributed by atoms with Crippen LogP contribution < -0.4 is 5.32 Å². The van der Waals surface area contributed by atoms with Crippen molar-refractivity contribution >= 4 is 5.96 Å². The zero-order valence-electron chi connectivity index (χ0n) is 14.6. The van der Waals surface area contributed by atoms with Gasteiger partial charge in [-0.3, -0.25) is 4.99 Å². The fourth-order valence-electron chi connectivity index (χ4n) is 2.70. The topological polar surface area (TPSA) is 51.0 Å². The molecule has 1 aromatic rings. The summed E-state index contributed by atoms with van der Waals surface area (Å²) < 4.78 is 13.2. The highest BCUT2D eigenvalue weighted by Gasteiger charge is 2.15.